The van der Waals surface area contributed by atoms with E-state index in [4.69, 9.17) is 34.8 Å². The largest absolute Gasteiger partial charge is 0.360 e. The summed E-state index contributed by atoms with van der Waals surface area (Å²) in [4.78, 5) is 31.4. The fraction of sp³-hybridized carbons (Fsp3) is 0.167. The molecule has 1 N–H and O–H groups in total. The van der Waals surface area contributed by atoms with Crippen LogP contribution in [0.2, 0.25) is 0 Å². The van der Waals surface area contributed by atoms with E-state index in [1.54, 1.807) is 36.4 Å². The minimum Gasteiger partial charge on any atom is -0.360 e. The van der Waals surface area contributed by atoms with Gasteiger partial charge in [-0.2, -0.15) is 0 Å². The Morgan fingerprint density at radius 1 is 1.07 bits per heavy atom. The van der Waals surface area contributed by atoms with Crippen LogP contribution in [-0.2, 0) is 4.79 Å². The van der Waals surface area contributed by atoms with Crippen LogP contribution in [-0.4, -0.2) is 39.7 Å². The Bertz CT molecular complexity index is 934. The van der Waals surface area contributed by atoms with Crippen LogP contribution in [0.4, 0.5) is 20.6 Å². The average Bonchev–Trinajstić information content (AvgIpc) is 2.85. The number of alkyl halides is 3. The van der Waals surface area contributed by atoms with Crippen LogP contribution in [0.3, 0.4) is 0 Å². The van der Waals surface area contributed by atoms with Crippen molar-refractivity contribution in [2.45, 2.75) is 9.96 Å². The zero-order chi connectivity index (χ0) is 20.5. The number of carbonyl (C=O) groups excluding carboxylic acids is 2. The Kier molecular flexibility index (Phi) is 5.79. The normalized spacial score (nSPS) is 17.4. The van der Waals surface area contributed by atoms with Gasteiger partial charge < -0.3 is 5.32 Å². The van der Waals surface area contributed by atoms with Crippen molar-refractivity contribution < 1.29 is 14.0 Å². The lowest BCUT2D eigenvalue weighted by Crippen LogP contribution is -2.38. The molecule has 2 aromatic rings. The third-order valence-electron chi connectivity index (χ3n) is 3.89. The van der Waals surface area contributed by atoms with Crippen LogP contribution in [0.5, 0.6) is 0 Å². The molecule has 1 aliphatic rings. The highest BCUT2D eigenvalue weighted by Gasteiger charge is 2.43. The Morgan fingerprint density at radius 3 is 2.36 bits per heavy atom. The molecule has 28 heavy (non-hydrogen) atoms. The minimum atomic E-state index is -1.99. The van der Waals surface area contributed by atoms with Crippen LogP contribution >= 0.6 is 34.8 Å². The maximum absolute atomic E-state index is 13.5. The van der Waals surface area contributed by atoms with Crippen molar-refractivity contribution in [3.05, 3.63) is 60.4 Å². The second-order valence-corrected chi connectivity index (χ2v) is 8.24. The molecule has 1 unspecified atom stereocenters. The SMILES string of the molecule is CN1C(=O)C(=NC(Nc2cccc(F)c2)C(Cl)(Cl)Cl)N(c2ccccc2)C1=O. The lowest BCUT2D eigenvalue weighted by molar-refractivity contribution is -0.119. The second-order valence-electron chi connectivity index (χ2n) is 5.87. The number of benzene rings is 2. The number of hydrogen-bond acceptors (Lipinski definition) is 4. The first-order valence-corrected chi connectivity index (χ1v) is 9.15. The van der Waals surface area contributed by atoms with Crippen LogP contribution in [0.1, 0.15) is 0 Å². The van der Waals surface area contributed by atoms with Gasteiger partial charge in [-0.25, -0.2) is 19.1 Å². The number of hydrogen-bond donors (Lipinski definition) is 1. The van der Waals surface area contributed by atoms with Gasteiger partial charge in [0.1, 0.15) is 5.82 Å². The number of imide groups is 1. The maximum Gasteiger partial charge on any atom is 0.337 e. The van der Waals surface area contributed by atoms with Gasteiger partial charge in [-0.15, -0.1) is 0 Å². The molecule has 1 saturated heterocycles. The van der Waals surface area contributed by atoms with Gasteiger partial charge >= 0.3 is 6.03 Å². The van der Waals surface area contributed by atoms with Crippen LogP contribution < -0.4 is 10.2 Å². The van der Waals surface area contributed by atoms with E-state index in [1.807, 2.05) is 0 Å². The molecule has 3 rings (SSSR count). The summed E-state index contributed by atoms with van der Waals surface area (Å²) in [6.45, 7) is 0. The van der Waals surface area contributed by atoms with E-state index in [1.165, 1.54) is 25.2 Å². The lowest BCUT2D eigenvalue weighted by Gasteiger charge is -2.24. The van der Waals surface area contributed by atoms with Crippen molar-refractivity contribution >= 4 is 64.0 Å². The summed E-state index contributed by atoms with van der Waals surface area (Å²) in [5.74, 6) is -1.38. The highest BCUT2D eigenvalue weighted by molar-refractivity contribution is 6.68. The standard InChI is InChI=1S/C18H14Cl3FN4O2/c1-25-15(27)14(26(17(25)28)13-8-3-2-4-9-13)24-16(18(19,20)21)23-12-7-5-6-11(22)10-12/h2-10,16,23H,1H3. The molecule has 1 heterocycles. The van der Waals surface area contributed by atoms with E-state index in [0.29, 0.717) is 5.69 Å². The van der Waals surface area contributed by atoms with Crippen molar-refractivity contribution in [1.82, 2.24) is 4.90 Å². The molecule has 0 saturated carbocycles. The zero-order valence-corrected chi connectivity index (χ0v) is 16.7. The van der Waals surface area contributed by atoms with E-state index >= 15 is 0 Å². The Labute approximate surface area is 175 Å². The van der Waals surface area contributed by atoms with Gasteiger partial charge in [0.25, 0.3) is 5.91 Å². The van der Waals surface area contributed by atoms with Gasteiger partial charge in [-0.05, 0) is 30.3 Å². The first-order valence-electron chi connectivity index (χ1n) is 8.02. The molecule has 0 bridgehead atoms. The fourth-order valence-electron chi connectivity index (χ4n) is 2.54. The van der Waals surface area contributed by atoms with E-state index < -0.39 is 27.7 Å². The predicted octanol–water partition coefficient (Wildman–Crippen LogP) is 4.43. The molecule has 0 aromatic heterocycles. The molecule has 10 heteroatoms. The quantitative estimate of drug-likeness (QED) is 0.561. The number of likely N-dealkylation sites (N-methyl/N-ethyl adjacent to an activating group) is 1. The number of halogens is 4. The molecule has 2 aromatic carbocycles. The summed E-state index contributed by atoms with van der Waals surface area (Å²) in [6.07, 6.45) is -1.27. The van der Waals surface area contributed by atoms with Gasteiger partial charge in [0, 0.05) is 12.7 Å². The summed E-state index contributed by atoms with van der Waals surface area (Å²) in [5, 5.41) is 2.78. The number of anilines is 2. The summed E-state index contributed by atoms with van der Waals surface area (Å²) >= 11 is 18.1. The number of urea groups is 1. The molecule has 146 valence electrons. The Balaban J connectivity index is 2.04. The number of para-hydroxylation sites is 1. The number of aliphatic imine (C=N–C) groups is 1. The third-order valence-corrected chi connectivity index (χ3v) is 4.51. The number of amides is 3. The number of carbonyl (C=O) groups is 2. The number of amidine groups is 1. The first kappa shape index (κ1) is 20.4. The topological polar surface area (TPSA) is 65.0 Å². The molecule has 3 amide bonds. The highest BCUT2D eigenvalue weighted by Crippen LogP contribution is 2.34. The third kappa shape index (κ3) is 4.22. The Morgan fingerprint density at radius 2 is 1.75 bits per heavy atom. The summed E-state index contributed by atoms with van der Waals surface area (Å²) < 4.78 is 11.5. The van der Waals surface area contributed by atoms with Gasteiger partial charge in [-0.3, -0.25) is 9.69 Å². The highest BCUT2D eigenvalue weighted by atomic mass is 35.6. The van der Waals surface area contributed by atoms with Crippen molar-refractivity contribution in [2.24, 2.45) is 4.99 Å². The minimum absolute atomic E-state index is 0.223. The molecule has 0 radical (unpaired) electrons. The summed E-state index contributed by atoms with van der Waals surface area (Å²) in [7, 11) is 1.33. The molecule has 6 nitrogen and oxygen atoms in total. The predicted molar refractivity (Wildman–Crippen MR) is 109 cm³/mol. The van der Waals surface area contributed by atoms with Crippen molar-refractivity contribution in [3.8, 4) is 0 Å². The van der Waals surface area contributed by atoms with Crippen LogP contribution in [0.25, 0.3) is 0 Å². The van der Waals surface area contributed by atoms with Gasteiger partial charge in [0.05, 0.1) is 5.69 Å². The molecular weight excluding hydrogens is 430 g/mol. The van der Waals surface area contributed by atoms with Crippen LogP contribution in [0.15, 0.2) is 59.6 Å². The number of rotatable bonds is 4. The van der Waals surface area contributed by atoms with E-state index in [9.17, 15) is 14.0 Å². The van der Waals surface area contributed by atoms with Gasteiger partial charge in [-0.1, -0.05) is 59.1 Å². The van der Waals surface area contributed by atoms with Gasteiger partial charge in [0.15, 0.2) is 6.17 Å². The zero-order valence-electron chi connectivity index (χ0n) is 14.4. The Hall–Kier alpha value is -2.35. The second kappa shape index (κ2) is 7.95. The monoisotopic (exact) mass is 442 g/mol. The average molecular weight is 444 g/mol. The van der Waals surface area contributed by atoms with Crippen molar-refractivity contribution in [2.75, 3.05) is 17.3 Å². The summed E-state index contributed by atoms with van der Waals surface area (Å²) in [6, 6.07) is 13.3. The lowest BCUT2D eigenvalue weighted by atomic mass is 10.3. The molecule has 1 aliphatic heterocycles. The molecular formula is C18H14Cl3FN4O2. The number of nitrogens with one attached hydrogen (secondary N) is 1. The van der Waals surface area contributed by atoms with E-state index in [2.05, 4.69) is 10.3 Å². The number of nitrogens with zero attached hydrogens (tertiary/aromatic N) is 3. The molecule has 1 fully saturated rings. The molecule has 0 aliphatic carbocycles. The van der Waals surface area contributed by atoms with E-state index in [0.717, 1.165) is 9.80 Å². The fourth-order valence-corrected chi connectivity index (χ4v) is 2.85. The first-order chi connectivity index (χ1) is 13.2. The van der Waals surface area contributed by atoms with Gasteiger partial charge in [0.2, 0.25) is 9.63 Å². The maximum atomic E-state index is 13.5. The van der Waals surface area contributed by atoms with Crippen molar-refractivity contribution in [1.29, 1.82) is 0 Å². The van der Waals surface area contributed by atoms with Crippen molar-refractivity contribution in [3.63, 3.8) is 0 Å². The summed E-state index contributed by atoms with van der Waals surface area (Å²) in [5.41, 5.74) is 0.717. The smallest absolute Gasteiger partial charge is 0.337 e. The molecule has 1 atom stereocenters. The van der Waals surface area contributed by atoms with E-state index in [-0.39, 0.29) is 11.5 Å². The molecule has 0 spiro atoms. The van der Waals surface area contributed by atoms with Crippen LogP contribution in [0, 0.1) is 5.82 Å².